The highest BCUT2D eigenvalue weighted by atomic mass is 125. The average Bonchev–Trinajstić information content (AvgIpc) is 2.55. The Labute approximate surface area is 150 Å². The third kappa shape index (κ3) is 3.93. The van der Waals surface area contributed by atoms with Crippen LogP contribution < -0.4 is 5.32 Å². The standard InChI is InChI=1S/C19H20INO2/c20-18-11-16(22)8-7-14(18)9-10-21-12-15-6-5-13-3-1-2-4-17(13)19(15)23/h1-4,7-8,11,15,21-22H,5-6,9-10,12H2/i20-2. The van der Waals surface area contributed by atoms with Crippen LogP contribution in [0.2, 0.25) is 0 Å². The molecule has 4 heteroatoms. The van der Waals surface area contributed by atoms with Gasteiger partial charge in [0.25, 0.3) is 0 Å². The summed E-state index contributed by atoms with van der Waals surface area (Å²) in [6.45, 7) is 1.58. The van der Waals surface area contributed by atoms with Crippen LogP contribution in [0.25, 0.3) is 0 Å². The summed E-state index contributed by atoms with van der Waals surface area (Å²) in [7, 11) is 0. The number of phenolic OH excluding ortho intramolecular Hbond substituents is 1. The third-order valence-electron chi connectivity index (χ3n) is 4.41. The minimum atomic E-state index is 0.0868. The Bertz CT molecular complexity index is 714. The van der Waals surface area contributed by atoms with Crippen molar-refractivity contribution in [2.75, 3.05) is 13.1 Å². The van der Waals surface area contributed by atoms with Gasteiger partial charge in [0.05, 0.1) is 0 Å². The number of Topliss-reactive ketones (excluding diaryl/α,β-unsaturated/α-hetero) is 1. The molecule has 0 fully saturated rings. The van der Waals surface area contributed by atoms with Gasteiger partial charge in [0, 0.05) is 21.6 Å². The molecule has 120 valence electrons. The van der Waals surface area contributed by atoms with Gasteiger partial charge in [-0.15, -0.1) is 0 Å². The van der Waals surface area contributed by atoms with Crippen molar-refractivity contribution in [1.29, 1.82) is 0 Å². The number of aromatic hydroxyl groups is 1. The topological polar surface area (TPSA) is 49.3 Å². The molecule has 0 radical (unpaired) electrons. The quantitative estimate of drug-likeness (QED) is 0.576. The van der Waals surface area contributed by atoms with E-state index in [1.807, 2.05) is 24.3 Å². The van der Waals surface area contributed by atoms with Crippen molar-refractivity contribution in [2.24, 2.45) is 5.92 Å². The molecule has 2 aromatic rings. The van der Waals surface area contributed by atoms with Crippen LogP contribution in [0.3, 0.4) is 0 Å². The number of rotatable bonds is 5. The molecule has 1 unspecified atom stereocenters. The zero-order valence-electron chi connectivity index (χ0n) is 12.9. The van der Waals surface area contributed by atoms with Crippen LogP contribution in [0.5, 0.6) is 5.75 Å². The maximum absolute atomic E-state index is 12.5. The van der Waals surface area contributed by atoms with E-state index in [1.54, 1.807) is 12.1 Å². The van der Waals surface area contributed by atoms with Crippen LogP contribution in [-0.4, -0.2) is 24.0 Å². The van der Waals surface area contributed by atoms with Crippen LogP contribution in [-0.2, 0) is 12.8 Å². The Morgan fingerprint density at radius 2 is 2.04 bits per heavy atom. The normalized spacial score (nSPS) is 17.1. The molecule has 0 heterocycles. The van der Waals surface area contributed by atoms with E-state index in [2.05, 4.69) is 34.0 Å². The molecule has 3 nitrogen and oxygen atoms in total. The number of aryl methyl sites for hydroxylation is 1. The number of hydrogen-bond donors (Lipinski definition) is 2. The Morgan fingerprint density at radius 1 is 1.22 bits per heavy atom. The highest BCUT2D eigenvalue weighted by molar-refractivity contribution is 14.1. The van der Waals surface area contributed by atoms with Crippen LogP contribution in [0.15, 0.2) is 42.5 Å². The lowest BCUT2D eigenvalue weighted by Crippen LogP contribution is -2.33. The molecule has 2 N–H and O–H groups in total. The predicted molar refractivity (Wildman–Crippen MR) is 100.0 cm³/mol. The summed E-state index contributed by atoms with van der Waals surface area (Å²) in [4.78, 5) is 12.5. The Morgan fingerprint density at radius 3 is 2.87 bits per heavy atom. The van der Waals surface area contributed by atoms with E-state index in [1.165, 1.54) is 11.1 Å². The third-order valence-corrected chi connectivity index (χ3v) is 5.42. The van der Waals surface area contributed by atoms with Crippen molar-refractivity contribution in [2.45, 2.75) is 19.3 Å². The van der Waals surface area contributed by atoms with E-state index in [0.29, 0.717) is 5.75 Å². The molecular formula is C19H20INO2. The minimum absolute atomic E-state index is 0.0868. The van der Waals surface area contributed by atoms with Gasteiger partial charge in [-0.3, -0.25) is 4.79 Å². The molecule has 0 saturated carbocycles. The van der Waals surface area contributed by atoms with Crippen molar-refractivity contribution < 1.29 is 9.90 Å². The van der Waals surface area contributed by atoms with Gasteiger partial charge in [0.15, 0.2) is 5.78 Å². The monoisotopic (exact) mass is 419 g/mol. The maximum Gasteiger partial charge on any atom is 0.167 e. The molecule has 0 spiro atoms. The number of nitrogens with one attached hydrogen (secondary N) is 1. The summed E-state index contributed by atoms with van der Waals surface area (Å²) in [5.74, 6) is 0.667. The molecule has 0 saturated heterocycles. The second kappa shape index (κ2) is 7.45. The number of carbonyl (C=O) groups excluding carboxylic acids is 1. The Balaban J connectivity index is 1.51. The number of ketones is 1. The molecule has 0 amide bonds. The highest BCUT2D eigenvalue weighted by Crippen LogP contribution is 2.25. The SMILES string of the molecule is O=C1c2ccccc2CCC1CNCCc1ccc(O)cc1[125I]. The van der Waals surface area contributed by atoms with Gasteiger partial charge in [-0.1, -0.05) is 30.3 Å². The van der Waals surface area contributed by atoms with Crippen molar-refractivity contribution in [3.8, 4) is 5.75 Å². The van der Waals surface area contributed by atoms with Crippen molar-refractivity contribution in [3.05, 3.63) is 62.7 Å². The first-order valence-corrected chi connectivity index (χ1v) is 9.03. The fourth-order valence-electron chi connectivity index (χ4n) is 3.09. The van der Waals surface area contributed by atoms with Crippen molar-refractivity contribution in [3.63, 3.8) is 0 Å². The lowest BCUT2D eigenvalue weighted by atomic mass is 9.83. The zero-order valence-corrected chi connectivity index (χ0v) is 15.0. The second-order valence-corrected chi connectivity index (χ2v) is 7.15. The first kappa shape index (κ1) is 16.5. The van der Waals surface area contributed by atoms with Gasteiger partial charge < -0.3 is 10.4 Å². The summed E-state index contributed by atoms with van der Waals surface area (Å²) in [6.07, 6.45) is 2.82. The lowest BCUT2D eigenvalue weighted by Gasteiger charge is -2.23. The molecule has 1 atom stereocenters. The summed E-state index contributed by atoms with van der Waals surface area (Å²) in [6, 6.07) is 13.4. The zero-order chi connectivity index (χ0) is 16.2. The molecule has 0 aromatic heterocycles. The van der Waals surface area contributed by atoms with Crippen molar-refractivity contribution >= 4 is 28.4 Å². The Kier molecular flexibility index (Phi) is 5.33. The summed E-state index contributed by atoms with van der Waals surface area (Å²) < 4.78 is 1.08. The minimum Gasteiger partial charge on any atom is -0.508 e. The summed E-state index contributed by atoms with van der Waals surface area (Å²) >= 11 is 2.24. The predicted octanol–water partition coefficient (Wildman–Crippen LogP) is 3.57. The van der Waals surface area contributed by atoms with E-state index in [9.17, 15) is 9.90 Å². The van der Waals surface area contributed by atoms with Gasteiger partial charge in [0.2, 0.25) is 0 Å². The number of halogens is 1. The number of phenols is 1. The molecule has 1 aliphatic rings. The largest absolute Gasteiger partial charge is 0.508 e. The molecule has 1 aliphatic carbocycles. The van der Waals surface area contributed by atoms with E-state index >= 15 is 0 Å². The molecular weight excluding hydrogens is 399 g/mol. The number of hydrogen-bond acceptors (Lipinski definition) is 3. The van der Waals surface area contributed by atoms with Crippen LogP contribution in [0.1, 0.15) is 27.9 Å². The first-order chi connectivity index (χ1) is 11.1. The first-order valence-electron chi connectivity index (χ1n) is 7.95. The number of benzene rings is 2. The van der Waals surface area contributed by atoms with Crippen LogP contribution in [0.4, 0.5) is 0 Å². The second-order valence-electron chi connectivity index (χ2n) is 5.99. The molecule has 3 rings (SSSR count). The fourth-order valence-corrected chi connectivity index (χ4v) is 3.86. The van der Waals surface area contributed by atoms with Crippen LogP contribution >= 0.6 is 22.6 Å². The average molecular weight is 419 g/mol. The number of fused-ring (bicyclic) bond motifs is 1. The fraction of sp³-hybridized carbons (Fsp3) is 0.316. The van der Waals surface area contributed by atoms with Gasteiger partial charge >= 0.3 is 0 Å². The van der Waals surface area contributed by atoms with Crippen LogP contribution in [0, 0.1) is 9.49 Å². The smallest absolute Gasteiger partial charge is 0.167 e. The van der Waals surface area contributed by atoms with E-state index in [0.717, 1.165) is 41.5 Å². The molecule has 23 heavy (non-hydrogen) atoms. The van der Waals surface area contributed by atoms with Gasteiger partial charge in [0.1, 0.15) is 5.75 Å². The summed E-state index contributed by atoms with van der Waals surface area (Å²) in [5, 5.41) is 12.9. The van der Waals surface area contributed by atoms with Gasteiger partial charge in [-0.2, -0.15) is 0 Å². The van der Waals surface area contributed by atoms with E-state index in [-0.39, 0.29) is 11.7 Å². The molecule has 2 aromatic carbocycles. The van der Waals surface area contributed by atoms with E-state index < -0.39 is 0 Å². The summed E-state index contributed by atoms with van der Waals surface area (Å²) in [5.41, 5.74) is 3.31. The number of carbonyl (C=O) groups is 1. The molecule has 0 aliphatic heterocycles. The maximum atomic E-state index is 12.5. The van der Waals surface area contributed by atoms with Crippen molar-refractivity contribution in [1.82, 2.24) is 5.32 Å². The molecule has 0 bridgehead atoms. The highest BCUT2D eigenvalue weighted by Gasteiger charge is 2.26. The van der Waals surface area contributed by atoms with Gasteiger partial charge in [-0.25, -0.2) is 0 Å². The van der Waals surface area contributed by atoms with Gasteiger partial charge in [-0.05, 0) is 71.7 Å². The van der Waals surface area contributed by atoms with E-state index in [4.69, 9.17) is 0 Å². The lowest BCUT2D eigenvalue weighted by molar-refractivity contribution is 0.0901. The Hall–Kier alpha value is -1.40.